The molecule has 4 heterocycles. The molecule has 1 aliphatic heterocycles. The summed E-state index contributed by atoms with van der Waals surface area (Å²) >= 11 is 2.66. The van der Waals surface area contributed by atoms with Gasteiger partial charge in [-0.3, -0.25) is 10.1 Å². The van der Waals surface area contributed by atoms with Crippen molar-refractivity contribution in [3.8, 4) is 10.8 Å². The van der Waals surface area contributed by atoms with E-state index in [2.05, 4.69) is 15.5 Å². The number of amides is 1. The number of nitrogens with one attached hydrogen (secondary N) is 1. The van der Waals surface area contributed by atoms with E-state index in [9.17, 15) is 13.2 Å². The second-order valence-corrected chi connectivity index (χ2v) is 10.0. The van der Waals surface area contributed by atoms with E-state index in [0.717, 1.165) is 4.88 Å². The van der Waals surface area contributed by atoms with Gasteiger partial charge in [-0.05, 0) is 35.7 Å². The number of sulfonamides is 1. The van der Waals surface area contributed by atoms with E-state index in [4.69, 9.17) is 4.42 Å². The van der Waals surface area contributed by atoms with Gasteiger partial charge in [-0.25, -0.2) is 8.42 Å². The molecule has 3 aromatic rings. The van der Waals surface area contributed by atoms with Crippen LogP contribution in [0.2, 0.25) is 0 Å². The summed E-state index contributed by atoms with van der Waals surface area (Å²) in [4.78, 5) is 13.3. The van der Waals surface area contributed by atoms with Crippen LogP contribution in [-0.4, -0.2) is 41.9 Å². The normalized spacial score (nSPS) is 16.4. The molecule has 0 aliphatic carbocycles. The molecule has 142 valence electrons. The molecule has 1 saturated heterocycles. The van der Waals surface area contributed by atoms with Crippen LogP contribution in [0.5, 0.6) is 0 Å². The van der Waals surface area contributed by atoms with Gasteiger partial charge in [0.05, 0.1) is 4.88 Å². The number of carbonyl (C=O) groups is 1. The van der Waals surface area contributed by atoms with E-state index < -0.39 is 10.0 Å². The summed E-state index contributed by atoms with van der Waals surface area (Å²) in [6, 6.07) is 7.09. The lowest BCUT2D eigenvalue weighted by Crippen LogP contribution is -2.41. The molecular formula is C16H16N4O4S3. The number of thiophene rings is 2. The molecule has 27 heavy (non-hydrogen) atoms. The first-order valence-electron chi connectivity index (χ1n) is 8.26. The van der Waals surface area contributed by atoms with Gasteiger partial charge in [0.2, 0.25) is 5.91 Å². The van der Waals surface area contributed by atoms with Crippen molar-refractivity contribution in [2.45, 2.75) is 17.1 Å². The maximum Gasteiger partial charge on any atom is 0.322 e. The summed E-state index contributed by atoms with van der Waals surface area (Å²) in [5, 5.41) is 14.0. The highest BCUT2D eigenvalue weighted by Crippen LogP contribution is 2.28. The predicted octanol–water partition coefficient (Wildman–Crippen LogP) is 2.90. The Bertz CT molecular complexity index is 1000. The Balaban J connectivity index is 1.35. The van der Waals surface area contributed by atoms with Gasteiger partial charge in [0, 0.05) is 19.0 Å². The minimum Gasteiger partial charge on any atom is -0.402 e. The number of rotatable bonds is 5. The summed E-state index contributed by atoms with van der Waals surface area (Å²) in [7, 11) is -3.47. The lowest BCUT2D eigenvalue weighted by Gasteiger charge is -2.29. The van der Waals surface area contributed by atoms with Crippen LogP contribution in [0.3, 0.4) is 0 Å². The van der Waals surface area contributed by atoms with Crippen molar-refractivity contribution in [1.29, 1.82) is 0 Å². The number of hydrogen-bond donors (Lipinski definition) is 1. The first-order chi connectivity index (χ1) is 13.0. The van der Waals surface area contributed by atoms with Crippen LogP contribution in [0.25, 0.3) is 10.8 Å². The summed E-state index contributed by atoms with van der Waals surface area (Å²) in [5.41, 5.74) is 0. The number of nitrogens with zero attached hydrogens (tertiary/aromatic N) is 3. The van der Waals surface area contributed by atoms with Gasteiger partial charge in [-0.2, -0.15) is 4.31 Å². The average Bonchev–Trinajstić information content (AvgIpc) is 3.42. The molecule has 1 aliphatic rings. The van der Waals surface area contributed by atoms with Crippen molar-refractivity contribution in [3.63, 3.8) is 0 Å². The van der Waals surface area contributed by atoms with Crippen LogP contribution >= 0.6 is 22.7 Å². The summed E-state index contributed by atoms with van der Waals surface area (Å²) in [6.07, 6.45) is 0.894. The predicted molar refractivity (Wildman–Crippen MR) is 102 cm³/mol. The van der Waals surface area contributed by atoms with E-state index in [-0.39, 0.29) is 17.8 Å². The second-order valence-electron chi connectivity index (χ2n) is 5.99. The third-order valence-electron chi connectivity index (χ3n) is 4.30. The van der Waals surface area contributed by atoms with Gasteiger partial charge in [0.25, 0.3) is 15.9 Å². The number of aromatic nitrogens is 2. The Hall–Kier alpha value is -2.08. The minimum atomic E-state index is -3.47. The van der Waals surface area contributed by atoms with Crippen molar-refractivity contribution >= 4 is 44.6 Å². The fraction of sp³-hybridized carbons (Fsp3) is 0.312. The number of piperidine rings is 1. The Labute approximate surface area is 163 Å². The Morgan fingerprint density at radius 1 is 1.15 bits per heavy atom. The van der Waals surface area contributed by atoms with Gasteiger partial charge in [-0.1, -0.05) is 17.2 Å². The maximum atomic E-state index is 12.5. The van der Waals surface area contributed by atoms with Gasteiger partial charge < -0.3 is 4.42 Å². The Morgan fingerprint density at radius 2 is 1.89 bits per heavy atom. The molecule has 0 atom stereocenters. The monoisotopic (exact) mass is 424 g/mol. The van der Waals surface area contributed by atoms with E-state index >= 15 is 0 Å². The molecule has 1 fully saturated rings. The van der Waals surface area contributed by atoms with Crippen molar-refractivity contribution in [1.82, 2.24) is 14.5 Å². The van der Waals surface area contributed by atoms with Gasteiger partial charge in [0.1, 0.15) is 4.21 Å². The highest BCUT2D eigenvalue weighted by molar-refractivity contribution is 7.91. The van der Waals surface area contributed by atoms with Gasteiger partial charge in [0.15, 0.2) is 0 Å². The zero-order chi connectivity index (χ0) is 18.9. The van der Waals surface area contributed by atoms with Crippen molar-refractivity contribution in [3.05, 3.63) is 35.0 Å². The number of hydrogen-bond acceptors (Lipinski definition) is 8. The average molecular weight is 425 g/mol. The van der Waals surface area contributed by atoms with Gasteiger partial charge >= 0.3 is 6.01 Å². The first kappa shape index (κ1) is 18.3. The molecule has 11 heteroatoms. The van der Waals surface area contributed by atoms with Crippen LogP contribution in [0.1, 0.15) is 12.8 Å². The summed E-state index contributed by atoms with van der Waals surface area (Å²) in [5.74, 6) is -0.168. The SMILES string of the molecule is O=C(Nc1nnc(-c2cccs2)o1)C1CCN(S(=O)(=O)c2cccs2)CC1. The lowest BCUT2D eigenvalue weighted by molar-refractivity contribution is -0.121. The van der Waals surface area contributed by atoms with E-state index in [1.165, 1.54) is 27.0 Å². The molecule has 1 N–H and O–H groups in total. The minimum absolute atomic E-state index is 0.0528. The molecule has 0 spiro atoms. The molecule has 3 aromatic heterocycles. The zero-order valence-corrected chi connectivity index (χ0v) is 16.5. The molecule has 0 saturated carbocycles. The largest absolute Gasteiger partial charge is 0.402 e. The second kappa shape index (κ2) is 7.50. The molecular weight excluding hydrogens is 408 g/mol. The molecule has 0 aromatic carbocycles. The smallest absolute Gasteiger partial charge is 0.322 e. The Morgan fingerprint density at radius 3 is 2.56 bits per heavy atom. The highest BCUT2D eigenvalue weighted by atomic mass is 32.2. The van der Waals surface area contributed by atoms with E-state index in [0.29, 0.717) is 36.0 Å². The van der Waals surface area contributed by atoms with Crippen LogP contribution in [0, 0.1) is 5.92 Å². The third-order valence-corrected chi connectivity index (χ3v) is 8.43. The molecule has 4 rings (SSSR count). The van der Waals surface area contributed by atoms with Crippen molar-refractivity contribution < 1.29 is 17.6 Å². The standard InChI is InChI=1S/C16H16N4O4S3/c21-14(17-16-19-18-15(24-16)12-3-1-9-25-12)11-5-7-20(8-6-11)27(22,23)13-4-2-10-26-13/h1-4,9-11H,5-8H2,(H,17,19,21). The fourth-order valence-corrected chi connectivity index (χ4v) is 6.14. The van der Waals surface area contributed by atoms with Crippen LogP contribution < -0.4 is 5.32 Å². The van der Waals surface area contributed by atoms with Gasteiger partial charge in [-0.15, -0.1) is 27.8 Å². The number of carbonyl (C=O) groups excluding carboxylic acids is 1. The zero-order valence-electron chi connectivity index (χ0n) is 14.1. The van der Waals surface area contributed by atoms with Crippen molar-refractivity contribution in [2.75, 3.05) is 18.4 Å². The summed E-state index contributed by atoms with van der Waals surface area (Å²) in [6.45, 7) is 0.616. The van der Waals surface area contributed by atoms with Crippen LogP contribution in [-0.2, 0) is 14.8 Å². The molecule has 0 radical (unpaired) electrons. The first-order valence-corrected chi connectivity index (χ1v) is 11.5. The third kappa shape index (κ3) is 3.81. The van der Waals surface area contributed by atoms with Crippen LogP contribution in [0.4, 0.5) is 6.01 Å². The highest BCUT2D eigenvalue weighted by Gasteiger charge is 2.33. The molecule has 1 amide bonds. The lowest BCUT2D eigenvalue weighted by atomic mass is 9.97. The number of anilines is 1. The topological polar surface area (TPSA) is 105 Å². The quantitative estimate of drug-likeness (QED) is 0.675. The molecule has 0 bridgehead atoms. The van der Waals surface area contributed by atoms with E-state index in [1.54, 1.807) is 17.5 Å². The molecule has 0 unspecified atom stereocenters. The fourth-order valence-electron chi connectivity index (χ4n) is 2.88. The van der Waals surface area contributed by atoms with Crippen LogP contribution in [0.15, 0.2) is 43.7 Å². The molecule has 8 nitrogen and oxygen atoms in total. The maximum absolute atomic E-state index is 12.5. The van der Waals surface area contributed by atoms with E-state index in [1.807, 2.05) is 17.5 Å². The summed E-state index contributed by atoms with van der Waals surface area (Å²) < 4.78 is 32.3. The van der Waals surface area contributed by atoms with Crippen molar-refractivity contribution in [2.24, 2.45) is 5.92 Å². The Kier molecular flexibility index (Phi) is 5.08.